The molecule has 19 heavy (non-hydrogen) atoms. The summed E-state index contributed by atoms with van der Waals surface area (Å²) in [5, 5.41) is 13.0. The van der Waals surface area contributed by atoms with Gasteiger partial charge in [0.1, 0.15) is 0 Å². The van der Waals surface area contributed by atoms with E-state index in [-0.39, 0.29) is 11.7 Å². The van der Waals surface area contributed by atoms with Gasteiger partial charge in [-0.2, -0.15) is 5.10 Å². The molecule has 1 amide bonds. The summed E-state index contributed by atoms with van der Waals surface area (Å²) in [6.07, 6.45) is 3.10. The number of rotatable bonds is 3. The zero-order valence-corrected chi connectivity index (χ0v) is 9.83. The molecule has 0 aliphatic carbocycles. The van der Waals surface area contributed by atoms with Crippen LogP contribution in [0.1, 0.15) is 10.6 Å². The summed E-state index contributed by atoms with van der Waals surface area (Å²) in [6, 6.07) is 10.8. The second kappa shape index (κ2) is 4.77. The topological polar surface area (TPSA) is 83.8 Å². The monoisotopic (exact) mass is 254 g/mol. The molecule has 94 valence electrons. The number of carbonyl (C=O) groups excluding carboxylic acids is 1. The first-order chi connectivity index (χ1) is 9.33. The van der Waals surface area contributed by atoms with Crippen LogP contribution in [0.5, 0.6) is 0 Å². The predicted molar refractivity (Wildman–Crippen MR) is 68.5 cm³/mol. The van der Waals surface area contributed by atoms with E-state index in [9.17, 15) is 4.79 Å². The standard InChI is InChI=1S/C13H10N4O2/c18-13(12-5-7-15-19-12)16-10-3-1-2-9(8-10)11-4-6-14-17-11/h1-8H,(H,14,17)(H,16,18). The van der Waals surface area contributed by atoms with Crippen LogP contribution in [0.2, 0.25) is 0 Å². The number of hydrogen-bond acceptors (Lipinski definition) is 4. The second-order valence-corrected chi connectivity index (χ2v) is 3.88. The minimum atomic E-state index is -0.334. The SMILES string of the molecule is O=C(Nc1cccc(-c2ccn[nH]2)c1)c1ccno1. The fourth-order valence-corrected chi connectivity index (χ4v) is 1.71. The number of hydrogen-bond donors (Lipinski definition) is 2. The highest BCUT2D eigenvalue weighted by atomic mass is 16.5. The van der Waals surface area contributed by atoms with Crippen molar-refractivity contribution in [2.75, 3.05) is 5.32 Å². The van der Waals surface area contributed by atoms with Crippen LogP contribution in [0.25, 0.3) is 11.3 Å². The maximum Gasteiger partial charge on any atom is 0.294 e. The summed E-state index contributed by atoms with van der Waals surface area (Å²) in [5.74, 6) is -0.161. The Bertz CT molecular complexity index is 675. The Hall–Kier alpha value is -2.89. The smallest absolute Gasteiger partial charge is 0.294 e. The van der Waals surface area contributed by atoms with Crippen molar-refractivity contribution in [2.45, 2.75) is 0 Å². The van der Waals surface area contributed by atoms with Crippen molar-refractivity contribution in [3.63, 3.8) is 0 Å². The first-order valence-corrected chi connectivity index (χ1v) is 5.65. The van der Waals surface area contributed by atoms with Crippen LogP contribution in [0.15, 0.2) is 53.3 Å². The third kappa shape index (κ3) is 2.37. The lowest BCUT2D eigenvalue weighted by Crippen LogP contribution is -2.10. The van der Waals surface area contributed by atoms with Gasteiger partial charge in [-0.15, -0.1) is 0 Å². The van der Waals surface area contributed by atoms with Gasteiger partial charge in [-0.25, -0.2) is 0 Å². The van der Waals surface area contributed by atoms with E-state index in [4.69, 9.17) is 4.52 Å². The number of amides is 1. The van der Waals surface area contributed by atoms with Crippen molar-refractivity contribution >= 4 is 11.6 Å². The average Bonchev–Trinajstić information content (AvgIpc) is 3.13. The third-order valence-electron chi connectivity index (χ3n) is 2.59. The van der Waals surface area contributed by atoms with E-state index < -0.39 is 0 Å². The van der Waals surface area contributed by atoms with Gasteiger partial charge < -0.3 is 9.84 Å². The molecule has 0 aliphatic heterocycles. The summed E-state index contributed by atoms with van der Waals surface area (Å²) in [7, 11) is 0. The van der Waals surface area contributed by atoms with Crippen LogP contribution in [0, 0.1) is 0 Å². The number of benzene rings is 1. The van der Waals surface area contributed by atoms with Gasteiger partial charge in [-0.1, -0.05) is 17.3 Å². The molecule has 0 atom stereocenters. The van der Waals surface area contributed by atoms with Crippen molar-refractivity contribution in [3.05, 3.63) is 54.6 Å². The number of aromatic amines is 1. The molecule has 3 aromatic rings. The molecule has 2 heterocycles. The molecular weight excluding hydrogens is 244 g/mol. The van der Waals surface area contributed by atoms with E-state index in [1.807, 2.05) is 24.3 Å². The molecule has 2 aromatic heterocycles. The van der Waals surface area contributed by atoms with Gasteiger partial charge in [0.2, 0.25) is 5.76 Å². The third-order valence-corrected chi connectivity index (χ3v) is 2.59. The number of nitrogens with zero attached hydrogens (tertiary/aromatic N) is 2. The van der Waals surface area contributed by atoms with Gasteiger partial charge in [-0.05, 0) is 18.2 Å². The van der Waals surface area contributed by atoms with E-state index in [0.29, 0.717) is 5.69 Å². The molecular formula is C13H10N4O2. The molecule has 0 radical (unpaired) electrons. The highest BCUT2D eigenvalue weighted by Crippen LogP contribution is 2.20. The van der Waals surface area contributed by atoms with Gasteiger partial charge in [0.25, 0.3) is 5.91 Å². The summed E-state index contributed by atoms with van der Waals surface area (Å²) < 4.78 is 4.79. The Morgan fingerprint density at radius 1 is 1.21 bits per heavy atom. The number of H-pyrrole nitrogens is 1. The first-order valence-electron chi connectivity index (χ1n) is 5.65. The maximum absolute atomic E-state index is 11.8. The Kier molecular flexibility index (Phi) is 2.82. The molecule has 0 unspecified atom stereocenters. The lowest BCUT2D eigenvalue weighted by Gasteiger charge is -2.04. The van der Waals surface area contributed by atoms with Crippen LogP contribution >= 0.6 is 0 Å². The Morgan fingerprint density at radius 3 is 2.89 bits per heavy atom. The summed E-state index contributed by atoms with van der Waals surface area (Å²) in [4.78, 5) is 11.8. The molecule has 0 saturated heterocycles. The van der Waals surface area contributed by atoms with E-state index in [2.05, 4.69) is 20.7 Å². The van der Waals surface area contributed by atoms with Gasteiger partial charge >= 0.3 is 0 Å². The maximum atomic E-state index is 11.8. The van der Waals surface area contributed by atoms with E-state index in [1.54, 1.807) is 12.3 Å². The summed E-state index contributed by atoms with van der Waals surface area (Å²) in [6.45, 7) is 0. The Balaban J connectivity index is 1.82. The van der Waals surface area contributed by atoms with Crippen molar-refractivity contribution in [1.82, 2.24) is 15.4 Å². The molecule has 0 aliphatic rings. The largest absolute Gasteiger partial charge is 0.351 e. The summed E-state index contributed by atoms with van der Waals surface area (Å²) >= 11 is 0. The molecule has 6 heteroatoms. The number of anilines is 1. The van der Waals surface area contributed by atoms with E-state index >= 15 is 0 Å². The van der Waals surface area contributed by atoms with Gasteiger partial charge in [0.15, 0.2) is 0 Å². The van der Waals surface area contributed by atoms with E-state index in [1.165, 1.54) is 12.3 Å². The molecule has 0 spiro atoms. The molecule has 6 nitrogen and oxygen atoms in total. The quantitative estimate of drug-likeness (QED) is 0.751. The van der Waals surface area contributed by atoms with Crippen LogP contribution in [-0.2, 0) is 0 Å². The van der Waals surface area contributed by atoms with Gasteiger partial charge in [-0.3, -0.25) is 9.89 Å². The average molecular weight is 254 g/mol. The van der Waals surface area contributed by atoms with Crippen LogP contribution < -0.4 is 5.32 Å². The molecule has 2 N–H and O–H groups in total. The lowest BCUT2D eigenvalue weighted by atomic mass is 10.1. The van der Waals surface area contributed by atoms with Crippen LogP contribution in [-0.4, -0.2) is 21.3 Å². The van der Waals surface area contributed by atoms with Gasteiger partial charge in [0, 0.05) is 23.5 Å². The molecule has 0 saturated carbocycles. The van der Waals surface area contributed by atoms with Crippen molar-refractivity contribution in [2.24, 2.45) is 0 Å². The Morgan fingerprint density at radius 2 is 2.16 bits per heavy atom. The van der Waals surface area contributed by atoms with Gasteiger partial charge in [0.05, 0.1) is 11.9 Å². The lowest BCUT2D eigenvalue weighted by molar-refractivity contribution is 0.0988. The number of aromatic nitrogens is 3. The fraction of sp³-hybridized carbons (Fsp3) is 0. The fourth-order valence-electron chi connectivity index (χ4n) is 1.71. The summed E-state index contributed by atoms with van der Waals surface area (Å²) in [5.41, 5.74) is 2.50. The minimum Gasteiger partial charge on any atom is -0.351 e. The Labute approximate surface area is 108 Å². The normalized spacial score (nSPS) is 10.3. The molecule has 0 fully saturated rings. The number of nitrogens with one attached hydrogen (secondary N) is 2. The van der Waals surface area contributed by atoms with Crippen molar-refractivity contribution in [3.8, 4) is 11.3 Å². The minimum absolute atomic E-state index is 0.173. The van der Waals surface area contributed by atoms with Crippen molar-refractivity contribution in [1.29, 1.82) is 0 Å². The van der Waals surface area contributed by atoms with Crippen molar-refractivity contribution < 1.29 is 9.32 Å². The zero-order chi connectivity index (χ0) is 13.1. The first kappa shape index (κ1) is 11.2. The molecule has 3 rings (SSSR count). The highest BCUT2D eigenvalue weighted by molar-refractivity contribution is 6.02. The molecule has 1 aromatic carbocycles. The van der Waals surface area contributed by atoms with E-state index in [0.717, 1.165) is 11.3 Å². The van der Waals surface area contributed by atoms with Crippen LogP contribution in [0.3, 0.4) is 0 Å². The van der Waals surface area contributed by atoms with Crippen LogP contribution in [0.4, 0.5) is 5.69 Å². The number of carbonyl (C=O) groups is 1. The second-order valence-electron chi connectivity index (χ2n) is 3.88. The molecule has 0 bridgehead atoms. The highest BCUT2D eigenvalue weighted by Gasteiger charge is 2.10. The predicted octanol–water partition coefficient (Wildman–Crippen LogP) is 2.32. The zero-order valence-electron chi connectivity index (χ0n) is 9.83.